The fourth-order valence-electron chi connectivity index (χ4n) is 2.55. The van der Waals surface area contributed by atoms with E-state index in [1.54, 1.807) is 14.2 Å². The van der Waals surface area contributed by atoms with E-state index in [4.69, 9.17) is 9.47 Å². The zero-order valence-electron chi connectivity index (χ0n) is 13.4. The largest absolute Gasteiger partial charge is 0.497 e. The van der Waals surface area contributed by atoms with Crippen molar-refractivity contribution in [3.8, 4) is 11.5 Å². The molecular weight excluding hydrogens is 290 g/mol. The molecule has 0 saturated carbocycles. The normalized spacial score (nSPS) is 13.2. The molecule has 0 atom stereocenters. The molecule has 0 spiro atoms. The molecule has 0 amide bonds. The van der Waals surface area contributed by atoms with Gasteiger partial charge < -0.3 is 20.1 Å². The Morgan fingerprint density at radius 1 is 1.09 bits per heavy atom. The number of rotatable bonds is 5. The van der Waals surface area contributed by atoms with Crippen LogP contribution in [0.4, 0.5) is 5.69 Å². The Bertz CT molecular complexity index is 696. The van der Waals surface area contributed by atoms with Gasteiger partial charge in [0.15, 0.2) is 5.96 Å². The maximum atomic E-state index is 5.54. The molecule has 0 aliphatic carbocycles. The first-order valence-electron chi connectivity index (χ1n) is 7.63. The third kappa shape index (κ3) is 3.74. The average molecular weight is 311 g/mol. The van der Waals surface area contributed by atoms with Crippen molar-refractivity contribution in [2.45, 2.75) is 6.42 Å². The minimum atomic E-state index is 0.812. The Morgan fingerprint density at radius 2 is 1.91 bits per heavy atom. The predicted molar refractivity (Wildman–Crippen MR) is 92.7 cm³/mol. The lowest BCUT2D eigenvalue weighted by Gasteiger charge is -2.12. The average Bonchev–Trinajstić information content (AvgIpc) is 3.10. The third-order valence-electron chi connectivity index (χ3n) is 3.78. The van der Waals surface area contributed by atoms with Crippen LogP contribution in [-0.4, -0.2) is 33.3 Å². The van der Waals surface area contributed by atoms with Crippen LogP contribution < -0.4 is 20.1 Å². The fraction of sp³-hybridized carbons (Fsp3) is 0.278. The standard InChI is InChI=1S/C18H21N3O2/c1-22-16-7-3-13(4-8-16)11-14-5-6-15(12-17(14)23-2)21-18-19-9-10-20-18/h3-8,12H,9-11H2,1-2H3,(H2,19,20,21). The summed E-state index contributed by atoms with van der Waals surface area (Å²) in [5.74, 6) is 2.55. The van der Waals surface area contributed by atoms with Crippen LogP contribution in [0.3, 0.4) is 0 Å². The van der Waals surface area contributed by atoms with Gasteiger partial charge in [-0.2, -0.15) is 0 Å². The summed E-state index contributed by atoms with van der Waals surface area (Å²) in [4.78, 5) is 4.33. The maximum Gasteiger partial charge on any atom is 0.195 e. The van der Waals surface area contributed by atoms with Gasteiger partial charge in [0, 0.05) is 24.7 Å². The minimum absolute atomic E-state index is 0.812. The van der Waals surface area contributed by atoms with E-state index in [0.717, 1.165) is 48.2 Å². The van der Waals surface area contributed by atoms with Gasteiger partial charge in [0.25, 0.3) is 0 Å². The van der Waals surface area contributed by atoms with Crippen LogP contribution in [0.25, 0.3) is 0 Å². The van der Waals surface area contributed by atoms with E-state index in [-0.39, 0.29) is 0 Å². The van der Waals surface area contributed by atoms with Crippen LogP contribution in [0.2, 0.25) is 0 Å². The van der Waals surface area contributed by atoms with E-state index in [0.29, 0.717) is 0 Å². The monoisotopic (exact) mass is 311 g/mol. The van der Waals surface area contributed by atoms with Crippen molar-refractivity contribution in [3.05, 3.63) is 53.6 Å². The van der Waals surface area contributed by atoms with Crippen LogP contribution in [0, 0.1) is 0 Å². The van der Waals surface area contributed by atoms with E-state index in [9.17, 15) is 0 Å². The molecule has 0 bridgehead atoms. The number of hydrogen-bond acceptors (Lipinski definition) is 5. The van der Waals surface area contributed by atoms with E-state index in [1.807, 2.05) is 24.3 Å². The SMILES string of the molecule is COc1ccc(Cc2ccc(NC3=NCCN3)cc2OC)cc1. The molecule has 2 aromatic rings. The number of methoxy groups -OCH3 is 2. The first kappa shape index (κ1) is 15.2. The molecule has 2 N–H and O–H groups in total. The molecule has 120 valence electrons. The van der Waals surface area contributed by atoms with Gasteiger partial charge in [-0.25, -0.2) is 0 Å². The van der Waals surface area contributed by atoms with Gasteiger partial charge in [-0.1, -0.05) is 18.2 Å². The molecule has 0 saturated heterocycles. The van der Waals surface area contributed by atoms with E-state index >= 15 is 0 Å². The molecule has 0 fully saturated rings. The minimum Gasteiger partial charge on any atom is -0.497 e. The van der Waals surface area contributed by atoms with Gasteiger partial charge in [-0.3, -0.25) is 4.99 Å². The second kappa shape index (κ2) is 7.05. The Hall–Kier alpha value is -2.69. The Morgan fingerprint density at radius 3 is 2.57 bits per heavy atom. The lowest BCUT2D eigenvalue weighted by molar-refractivity contribution is 0.410. The smallest absolute Gasteiger partial charge is 0.195 e. The lowest BCUT2D eigenvalue weighted by atomic mass is 10.0. The number of guanidine groups is 1. The molecule has 1 aliphatic heterocycles. The van der Waals surface area contributed by atoms with Crippen LogP contribution >= 0.6 is 0 Å². The van der Waals surface area contributed by atoms with Crippen molar-refractivity contribution in [1.82, 2.24) is 5.32 Å². The Kier molecular flexibility index (Phi) is 4.66. The quantitative estimate of drug-likeness (QED) is 0.891. The number of hydrogen-bond donors (Lipinski definition) is 2. The number of aliphatic imine (C=N–C) groups is 1. The highest BCUT2D eigenvalue weighted by Crippen LogP contribution is 2.26. The number of ether oxygens (including phenoxy) is 2. The zero-order chi connectivity index (χ0) is 16.1. The molecule has 5 heteroatoms. The summed E-state index contributed by atoms with van der Waals surface area (Å²) in [6.45, 7) is 1.70. The van der Waals surface area contributed by atoms with Crippen molar-refractivity contribution >= 4 is 11.6 Å². The summed E-state index contributed by atoms with van der Waals surface area (Å²) < 4.78 is 10.7. The molecule has 1 heterocycles. The van der Waals surface area contributed by atoms with Crippen LogP contribution in [-0.2, 0) is 6.42 Å². The van der Waals surface area contributed by atoms with Gasteiger partial charge in [0.1, 0.15) is 11.5 Å². The highest BCUT2D eigenvalue weighted by atomic mass is 16.5. The molecule has 0 radical (unpaired) electrons. The van der Waals surface area contributed by atoms with Crippen molar-refractivity contribution in [1.29, 1.82) is 0 Å². The predicted octanol–water partition coefficient (Wildman–Crippen LogP) is 2.67. The van der Waals surface area contributed by atoms with Gasteiger partial charge >= 0.3 is 0 Å². The molecule has 1 aliphatic rings. The van der Waals surface area contributed by atoms with Gasteiger partial charge in [-0.05, 0) is 29.3 Å². The number of benzene rings is 2. The number of nitrogens with one attached hydrogen (secondary N) is 2. The fourth-order valence-corrected chi connectivity index (χ4v) is 2.55. The summed E-state index contributed by atoms with van der Waals surface area (Å²) in [7, 11) is 3.37. The van der Waals surface area contributed by atoms with Gasteiger partial charge in [-0.15, -0.1) is 0 Å². The highest BCUT2D eigenvalue weighted by molar-refractivity contribution is 5.94. The summed E-state index contributed by atoms with van der Waals surface area (Å²) in [6.07, 6.45) is 0.812. The first-order chi connectivity index (χ1) is 11.3. The first-order valence-corrected chi connectivity index (χ1v) is 7.63. The van der Waals surface area contributed by atoms with Crippen LogP contribution in [0.5, 0.6) is 11.5 Å². The molecule has 0 aromatic heterocycles. The summed E-state index contributed by atoms with van der Waals surface area (Å²) in [6, 6.07) is 14.2. The second-order valence-electron chi connectivity index (χ2n) is 5.33. The summed E-state index contributed by atoms with van der Waals surface area (Å²) >= 11 is 0. The topological polar surface area (TPSA) is 54.9 Å². The van der Waals surface area contributed by atoms with Gasteiger partial charge in [0.05, 0.1) is 20.8 Å². The van der Waals surface area contributed by atoms with E-state index < -0.39 is 0 Å². The number of nitrogens with zero attached hydrogens (tertiary/aromatic N) is 1. The van der Waals surface area contributed by atoms with Gasteiger partial charge in [0.2, 0.25) is 0 Å². The van der Waals surface area contributed by atoms with E-state index in [1.165, 1.54) is 5.56 Å². The summed E-state index contributed by atoms with van der Waals surface area (Å²) in [5.41, 5.74) is 3.32. The Balaban J connectivity index is 1.75. The second-order valence-corrected chi connectivity index (χ2v) is 5.33. The maximum absolute atomic E-state index is 5.54. The van der Waals surface area contributed by atoms with Crippen LogP contribution in [0.15, 0.2) is 47.5 Å². The highest BCUT2D eigenvalue weighted by Gasteiger charge is 2.09. The molecule has 23 heavy (non-hydrogen) atoms. The lowest BCUT2D eigenvalue weighted by Crippen LogP contribution is -2.26. The summed E-state index contributed by atoms with van der Waals surface area (Å²) in [5, 5.41) is 6.46. The third-order valence-corrected chi connectivity index (χ3v) is 3.78. The van der Waals surface area contributed by atoms with Crippen LogP contribution in [0.1, 0.15) is 11.1 Å². The molecular formula is C18H21N3O2. The molecule has 2 aromatic carbocycles. The van der Waals surface area contributed by atoms with E-state index in [2.05, 4.69) is 33.8 Å². The molecule has 3 rings (SSSR count). The molecule has 5 nitrogen and oxygen atoms in total. The van der Waals surface area contributed by atoms with Crippen molar-refractivity contribution in [2.24, 2.45) is 4.99 Å². The van der Waals surface area contributed by atoms with Crippen molar-refractivity contribution < 1.29 is 9.47 Å². The van der Waals surface area contributed by atoms with Crippen molar-refractivity contribution in [3.63, 3.8) is 0 Å². The molecule has 0 unspecified atom stereocenters. The zero-order valence-corrected chi connectivity index (χ0v) is 13.4. The number of anilines is 1. The van der Waals surface area contributed by atoms with Crippen molar-refractivity contribution in [2.75, 3.05) is 32.6 Å². The Labute approximate surface area is 136 Å².